The quantitative estimate of drug-likeness (QED) is 0.623. The van der Waals surface area contributed by atoms with E-state index in [9.17, 15) is 4.79 Å². The lowest BCUT2D eigenvalue weighted by Crippen LogP contribution is -1.99. The van der Waals surface area contributed by atoms with Gasteiger partial charge in [0.2, 0.25) is 0 Å². The molecule has 0 bridgehead atoms. The molecule has 0 spiro atoms. The zero-order valence-electron chi connectivity index (χ0n) is 11.0. The van der Waals surface area contributed by atoms with E-state index in [4.69, 9.17) is 0 Å². The van der Waals surface area contributed by atoms with Gasteiger partial charge in [-0.1, -0.05) is 24.3 Å². The number of aryl methyl sites for hydroxylation is 1. The molecular weight excluding hydrogens is 240 g/mol. The lowest BCUT2D eigenvalue weighted by molar-refractivity contribution is -0.134. The molecule has 0 aliphatic heterocycles. The summed E-state index contributed by atoms with van der Waals surface area (Å²) in [6.45, 7) is 2.83. The van der Waals surface area contributed by atoms with Gasteiger partial charge in [0.15, 0.2) is 0 Å². The molecular formula is C15H16N2O2. The molecule has 19 heavy (non-hydrogen) atoms. The molecule has 0 atom stereocenters. The van der Waals surface area contributed by atoms with E-state index in [1.807, 2.05) is 43.7 Å². The molecule has 4 heteroatoms. The number of methoxy groups -OCH3 is 1. The first-order valence-corrected chi connectivity index (χ1v) is 6.01. The van der Waals surface area contributed by atoms with Crippen LogP contribution in [0, 0.1) is 6.92 Å². The third-order valence-electron chi connectivity index (χ3n) is 2.87. The first-order valence-electron chi connectivity index (χ1n) is 6.01. The highest BCUT2D eigenvalue weighted by molar-refractivity contribution is 5.86. The Labute approximate surface area is 112 Å². The maximum Gasteiger partial charge on any atom is 0.330 e. The molecule has 0 fully saturated rings. The zero-order chi connectivity index (χ0) is 13.7. The van der Waals surface area contributed by atoms with Gasteiger partial charge in [0.1, 0.15) is 0 Å². The van der Waals surface area contributed by atoms with Crippen molar-refractivity contribution in [2.24, 2.45) is 0 Å². The van der Waals surface area contributed by atoms with Crippen molar-refractivity contribution in [2.75, 3.05) is 7.11 Å². The van der Waals surface area contributed by atoms with Gasteiger partial charge in [0.25, 0.3) is 0 Å². The number of ether oxygens (including phenoxy) is 1. The van der Waals surface area contributed by atoms with E-state index in [0.29, 0.717) is 0 Å². The molecule has 0 saturated heterocycles. The average molecular weight is 256 g/mol. The first-order chi connectivity index (χ1) is 9.19. The molecule has 1 aromatic carbocycles. The molecule has 2 aromatic rings. The molecule has 0 unspecified atom stereocenters. The predicted molar refractivity (Wildman–Crippen MR) is 73.6 cm³/mol. The van der Waals surface area contributed by atoms with E-state index in [1.165, 1.54) is 18.7 Å². The zero-order valence-corrected chi connectivity index (χ0v) is 11.0. The van der Waals surface area contributed by atoms with Gasteiger partial charge < -0.3 is 9.30 Å². The lowest BCUT2D eigenvalue weighted by Gasteiger charge is -2.05. The summed E-state index contributed by atoms with van der Waals surface area (Å²) in [5.74, 6) is -0.349. The maximum atomic E-state index is 11.0. The molecule has 0 saturated carbocycles. The fourth-order valence-electron chi connectivity index (χ4n) is 1.72. The fraction of sp³-hybridized carbons (Fsp3) is 0.200. The number of carbonyl (C=O) groups excluding carboxylic acids is 1. The van der Waals surface area contributed by atoms with Crippen LogP contribution in [0.4, 0.5) is 0 Å². The van der Waals surface area contributed by atoms with Crippen LogP contribution in [0.3, 0.4) is 0 Å². The number of rotatable bonds is 4. The number of benzene rings is 1. The Hall–Kier alpha value is -2.36. The number of hydrogen-bond acceptors (Lipinski definition) is 3. The number of imidazole rings is 1. The van der Waals surface area contributed by atoms with Crippen LogP contribution in [-0.4, -0.2) is 22.6 Å². The van der Waals surface area contributed by atoms with Crippen molar-refractivity contribution in [3.05, 3.63) is 59.7 Å². The minimum Gasteiger partial charge on any atom is -0.466 e. The summed E-state index contributed by atoms with van der Waals surface area (Å²) in [4.78, 5) is 15.1. The van der Waals surface area contributed by atoms with Crippen LogP contribution in [0.2, 0.25) is 0 Å². The predicted octanol–water partition coefficient (Wildman–Crippen LogP) is 2.43. The summed E-state index contributed by atoms with van der Waals surface area (Å²) < 4.78 is 6.63. The number of aromatic nitrogens is 2. The van der Waals surface area contributed by atoms with E-state index >= 15 is 0 Å². The van der Waals surface area contributed by atoms with Crippen molar-refractivity contribution in [3.63, 3.8) is 0 Å². The van der Waals surface area contributed by atoms with E-state index < -0.39 is 0 Å². The number of nitrogens with zero attached hydrogens (tertiary/aromatic N) is 2. The van der Waals surface area contributed by atoms with Crippen LogP contribution >= 0.6 is 0 Å². The van der Waals surface area contributed by atoms with Gasteiger partial charge in [0, 0.05) is 24.5 Å². The van der Waals surface area contributed by atoms with Crippen LogP contribution in [0.1, 0.15) is 16.8 Å². The highest BCUT2D eigenvalue weighted by Gasteiger charge is 1.98. The van der Waals surface area contributed by atoms with Crippen molar-refractivity contribution in [2.45, 2.75) is 13.5 Å². The smallest absolute Gasteiger partial charge is 0.330 e. The standard InChI is InChI=1S/C15H16N2O2/c1-12-9-16-11-17(12)10-14-5-3-13(4-6-14)7-8-15(18)19-2/h3-9,11H,10H2,1-2H3/b8-7+. The van der Waals surface area contributed by atoms with Crippen molar-refractivity contribution >= 4 is 12.0 Å². The van der Waals surface area contributed by atoms with Crippen LogP contribution in [0.15, 0.2) is 42.9 Å². The van der Waals surface area contributed by atoms with Crippen LogP contribution < -0.4 is 0 Å². The second-order valence-electron chi connectivity index (χ2n) is 4.26. The largest absolute Gasteiger partial charge is 0.466 e. The van der Waals surface area contributed by atoms with E-state index in [1.54, 1.807) is 6.08 Å². The Morgan fingerprint density at radius 3 is 2.68 bits per heavy atom. The second-order valence-corrected chi connectivity index (χ2v) is 4.26. The van der Waals surface area contributed by atoms with E-state index in [2.05, 4.69) is 14.3 Å². The van der Waals surface area contributed by atoms with Crippen LogP contribution in [-0.2, 0) is 16.1 Å². The Kier molecular flexibility index (Phi) is 4.13. The molecule has 98 valence electrons. The Morgan fingerprint density at radius 1 is 1.37 bits per heavy atom. The Morgan fingerprint density at radius 2 is 2.11 bits per heavy atom. The summed E-state index contributed by atoms with van der Waals surface area (Å²) in [6.07, 6.45) is 6.81. The molecule has 0 aliphatic rings. The molecule has 0 radical (unpaired) electrons. The topological polar surface area (TPSA) is 44.1 Å². The summed E-state index contributed by atoms with van der Waals surface area (Å²) in [7, 11) is 1.36. The highest BCUT2D eigenvalue weighted by atomic mass is 16.5. The van der Waals surface area contributed by atoms with E-state index in [-0.39, 0.29) is 5.97 Å². The van der Waals surface area contributed by atoms with Crippen molar-refractivity contribution in [1.29, 1.82) is 0 Å². The number of esters is 1. The van der Waals surface area contributed by atoms with Gasteiger partial charge >= 0.3 is 5.97 Å². The fourth-order valence-corrected chi connectivity index (χ4v) is 1.72. The third kappa shape index (κ3) is 3.55. The van der Waals surface area contributed by atoms with Gasteiger partial charge in [-0.05, 0) is 24.1 Å². The molecule has 4 nitrogen and oxygen atoms in total. The van der Waals surface area contributed by atoms with Crippen molar-refractivity contribution < 1.29 is 9.53 Å². The molecule has 0 amide bonds. The normalized spacial score (nSPS) is 10.8. The van der Waals surface area contributed by atoms with Gasteiger partial charge in [-0.3, -0.25) is 0 Å². The Balaban J connectivity index is 2.04. The first kappa shape index (κ1) is 13.1. The van der Waals surface area contributed by atoms with Gasteiger partial charge in [-0.2, -0.15) is 0 Å². The third-order valence-corrected chi connectivity index (χ3v) is 2.87. The summed E-state index contributed by atoms with van der Waals surface area (Å²) in [5, 5.41) is 0. The van der Waals surface area contributed by atoms with Gasteiger partial charge in [-0.15, -0.1) is 0 Å². The summed E-state index contributed by atoms with van der Waals surface area (Å²) >= 11 is 0. The lowest BCUT2D eigenvalue weighted by atomic mass is 10.1. The molecule has 0 N–H and O–H groups in total. The van der Waals surface area contributed by atoms with Crippen molar-refractivity contribution in [3.8, 4) is 0 Å². The minimum atomic E-state index is -0.349. The van der Waals surface area contributed by atoms with Gasteiger partial charge in [0.05, 0.1) is 13.4 Å². The van der Waals surface area contributed by atoms with Gasteiger partial charge in [-0.25, -0.2) is 9.78 Å². The minimum absolute atomic E-state index is 0.349. The van der Waals surface area contributed by atoms with E-state index in [0.717, 1.165) is 17.8 Å². The molecule has 1 heterocycles. The molecule has 2 rings (SSSR count). The van der Waals surface area contributed by atoms with Crippen LogP contribution in [0.25, 0.3) is 6.08 Å². The highest BCUT2D eigenvalue weighted by Crippen LogP contribution is 2.09. The van der Waals surface area contributed by atoms with Crippen molar-refractivity contribution in [1.82, 2.24) is 9.55 Å². The monoisotopic (exact) mass is 256 g/mol. The summed E-state index contributed by atoms with van der Waals surface area (Å²) in [5.41, 5.74) is 3.29. The maximum absolute atomic E-state index is 11.0. The number of carbonyl (C=O) groups is 1. The molecule has 1 aromatic heterocycles. The Bertz CT molecular complexity index is 582. The second kappa shape index (κ2) is 6.00. The SMILES string of the molecule is COC(=O)/C=C/c1ccc(Cn2cncc2C)cc1. The number of hydrogen-bond donors (Lipinski definition) is 0. The summed E-state index contributed by atoms with van der Waals surface area (Å²) in [6, 6.07) is 8.02. The average Bonchev–Trinajstić information content (AvgIpc) is 2.83. The van der Waals surface area contributed by atoms with Crippen LogP contribution in [0.5, 0.6) is 0 Å². The molecule has 0 aliphatic carbocycles.